The zero-order valence-electron chi connectivity index (χ0n) is 10.2. The van der Waals surface area contributed by atoms with E-state index < -0.39 is 0 Å². The molecule has 1 N–H and O–H groups in total. The van der Waals surface area contributed by atoms with Gasteiger partial charge in [0.05, 0.1) is 6.54 Å². The molecule has 0 aliphatic carbocycles. The van der Waals surface area contributed by atoms with Crippen molar-refractivity contribution in [2.24, 2.45) is 0 Å². The summed E-state index contributed by atoms with van der Waals surface area (Å²) in [5.74, 6) is 0.812. The van der Waals surface area contributed by atoms with Crippen LogP contribution in [0.4, 0.5) is 4.79 Å². The molecule has 2 aromatic rings. The first-order valence-electron chi connectivity index (χ1n) is 5.71. The summed E-state index contributed by atoms with van der Waals surface area (Å²) in [6.07, 6.45) is 4.61. The molecule has 0 spiro atoms. The first-order chi connectivity index (χ1) is 8.75. The molecule has 0 radical (unpaired) electrons. The van der Waals surface area contributed by atoms with E-state index in [-0.39, 0.29) is 6.03 Å². The molecular formula is C13H15N3O2. The lowest BCUT2D eigenvalue weighted by molar-refractivity contribution is 0.238. The summed E-state index contributed by atoms with van der Waals surface area (Å²) in [7, 11) is 0. The Kier molecular flexibility index (Phi) is 3.96. The fourth-order valence-electron chi connectivity index (χ4n) is 1.50. The van der Waals surface area contributed by atoms with E-state index in [4.69, 9.17) is 4.74 Å². The molecule has 0 atom stereocenters. The molecule has 0 aliphatic rings. The number of hydrogen-bond donors (Lipinski definition) is 1. The van der Waals surface area contributed by atoms with Crippen LogP contribution in [0.3, 0.4) is 0 Å². The van der Waals surface area contributed by atoms with Crippen LogP contribution in [-0.2, 0) is 0 Å². The van der Waals surface area contributed by atoms with Crippen molar-refractivity contribution < 1.29 is 9.53 Å². The van der Waals surface area contributed by atoms with Crippen molar-refractivity contribution in [2.45, 2.75) is 6.92 Å². The van der Waals surface area contributed by atoms with Gasteiger partial charge in [0.15, 0.2) is 0 Å². The number of rotatable bonds is 4. The molecule has 1 amide bonds. The highest BCUT2D eigenvalue weighted by atomic mass is 16.5. The van der Waals surface area contributed by atoms with Gasteiger partial charge in [0, 0.05) is 12.4 Å². The molecule has 94 valence electrons. The molecule has 0 unspecified atom stereocenters. The van der Waals surface area contributed by atoms with E-state index in [1.165, 1.54) is 10.9 Å². The second-order valence-electron chi connectivity index (χ2n) is 3.87. The molecule has 5 heteroatoms. The lowest BCUT2D eigenvalue weighted by atomic mass is 10.2. The van der Waals surface area contributed by atoms with Crippen LogP contribution < -0.4 is 10.1 Å². The van der Waals surface area contributed by atoms with Crippen LogP contribution in [0.1, 0.15) is 5.56 Å². The van der Waals surface area contributed by atoms with Gasteiger partial charge in [0.1, 0.15) is 18.7 Å². The lowest BCUT2D eigenvalue weighted by Crippen LogP contribution is -2.31. The number of hydrogen-bond acceptors (Lipinski definition) is 3. The number of carbonyl (C=O) groups is 1. The summed E-state index contributed by atoms with van der Waals surface area (Å²) in [6, 6.07) is 7.59. The quantitative estimate of drug-likeness (QED) is 0.836. The summed E-state index contributed by atoms with van der Waals surface area (Å²) < 4.78 is 6.90. The van der Waals surface area contributed by atoms with Crippen LogP contribution >= 0.6 is 0 Å². The van der Waals surface area contributed by atoms with Gasteiger partial charge in [-0.2, -0.15) is 0 Å². The molecule has 18 heavy (non-hydrogen) atoms. The van der Waals surface area contributed by atoms with Crippen molar-refractivity contribution in [1.29, 1.82) is 0 Å². The molecular weight excluding hydrogens is 230 g/mol. The van der Waals surface area contributed by atoms with Crippen molar-refractivity contribution in [3.63, 3.8) is 0 Å². The van der Waals surface area contributed by atoms with Gasteiger partial charge in [-0.05, 0) is 24.6 Å². The highest BCUT2D eigenvalue weighted by Crippen LogP contribution is 2.11. The van der Waals surface area contributed by atoms with Crippen molar-refractivity contribution in [1.82, 2.24) is 14.9 Å². The van der Waals surface area contributed by atoms with Gasteiger partial charge in [-0.3, -0.25) is 4.57 Å². The third kappa shape index (κ3) is 3.35. The topological polar surface area (TPSA) is 56.1 Å². The van der Waals surface area contributed by atoms with E-state index in [2.05, 4.69) is 10.3 Å². The number of nitrogens with one attached hydrogen (secondary N) is 1. The molecule has 5 nitrogen and oxygen atoms in total. The minimum Gasteiger partial charge on any atom is -0.492 e. The lowest BCUT2D eigenvalue weighted by Gasteiger charge is -2.08. The Hall–Kier alpha value is -2.30. The van der Waals surface area contributed by atoms with Crippen LogP contribution in [0.5, 0.6) is 5.75 Å². The van der Waals surface area contributed by atoms with Crippen molar-refractivity contribution in [3.8, 4) is 5.75 Å². The van der Waals surface area contributed by atoms with Crippen LogP contribution in [-0.4, -0.2) is 28.7 Å². The zero-order valence-corrected chi connectivity index (χ0v) is 10.2. The number of benzene rings is 1. The second-order valence-corrected chi connectivity index (χ2v) is 3.87. The molecule has 1 heterocycles. The highest BCUT2D eigenvalue weighted by Gasteiger charge is 2.01. The third-order valence-electron chi connectivity index (χ3n) is 2.38. The van der Waals surface area contributed by atoms with Gasteiger partial charge >= 0.3 is 6.03 Å². The summed E-state index contributed by atoms with van der Waals surface area (Å²) in [5.41, 5.74) is 1.15. The molecule has 0 bridgehead atoms. The molecule has 0 aliphatic heterocycles. The number of imidazole rings is 1. The van der Waals surface area contributed by atoms with Crippen LogP contribution in [0.15, 0.2) is 43.0 Å². The predicted octanol–water partition coefficient (Wildman–Crippen LogP) is 1.83. The van der Waals surface area contributed by atoms with E-state index in [0.29, 0.717) is 13.2 Å². The van der Waals surface area contributed by atoms with Gasteiger partial charge in [-0.25, -0.2) is 9.78 Å². The average Bonchev–Trinajstić information content (AvgIpc) is 2.88. The Morgan fingerprint density at radius 1 is 1.50 bits per heavy atom. The molecule has 0 saturated carbocycles. The Morgan fingerprint density at radius 2 is 2.39 bits per heavy atom. The van der Waals surface area contributed by atoms with Crippen molar-refractivity contribution in [3.05, 3.63) is 48.5 Å². The maximum atomic E-state index is 11.5. The number of aryl methyl sites for hydroxylation is 1. The van der Waals surface area contributed by atoms with Crippen LogP contribution in [0.25, 0.3) is 0 Å². The second kappa shape index (κ2) is 5.86. The van der Waals surface area contributed by atoms with Crippen LogP contribution in [0.2, 0.25) is 0 Å². The minimum atomic E-state index is -0.208. The molecule has 0 fully saturated rings. The summed E-state index contributed by atoms with van der Waals surface area (Å²) in [5, 5.41) is 2.73. The Bertz CT molecular complexity index is 509. The zero-order chi connectivity index (χ0) is 12.8. The highest BCUT2D eigenvalue weighted by molar-refractivity contribution is 5.76. The normalized spacial score (nSPS) is 10.1. The smallest absolute Gasteiger partial charge is 0.326 e. The van der Waals surface area contributed by atoms with Gasteiger partial charge in [-0.15, -0.1) is 0 Å². The van der Waals surface area contributed by atoms with Crippen molar-refractivity contribution >= 4 is 6.03 Å². The van der Waals surface area contributed by atoms with E-state index in [0.717, 1.165) is 11.3 Å². The Morgan fingerprint density at radius 3 is 3.11 bits per heavy atom. The number of ether oxygens (including phenoxy) is 1. The summed E-state index contributed by atoms with van der Waals surface area (Å²) in [4.78, 5) is 15.3. The van der Waals surface area contributed by atoms with Gasteiger partial charge in [0.2, 0.25) is 0 Å². The maximum Gasteiger partial charge on any atom is 0.326 e. The van der Waals surface area contributed by atoms with E-state index in [9.17, 15) is 4.79 Å². The van der Waals surface area contributed by atoms with Gasteiger partial charge in [0.25, 0.3) is 0 Å². The van der Waals surface area contributed by atoms with Gasteiger partial charge in [-0.1, -0.05) is 12.1 Å². The fourth-order valence-corrected chi connectivity index (χ4v) is 1.50. The van der Waals surface area contributed by atoms with Gasteiger partial charge < -0.3 is 10.1 Å². The predicted molar refractivity (Wildman–Crippen MR) is 67.7 cm³/mol. The number of aromatic nitrogens is 2. The molecule has 2 rings (SSSR count). The number of amides is 1. The van der Waals surface area contributed by atoms with Crippen LogP contribution in [0, 0.1) is 6.92 Å². The fraction of sp³-hybridized carbons (Fsp3) is 0.231. The third-order valence-corrected chi connectivity index (χ3v) is 2.38. The SMILES string of the molecule is Cc1cccc(OCCNC(=O)n2ccnc2)c1. The minimum absolute atomic E-state index is 0.208. The molecule has 1 aromatic carbocycles. The first-order valence-corrected chi connectivity index (χ1v) is 5.71. The number of carbonyl (C=O) groups excluding carboxylic acids is 1. The first kappa shape index (κ1) is 12.2. The standard InChI is InChI=1S/C13H15N3O2/c1-11-3-2-4-12(9-11)18-8-6-15-13(17)16-7-5-14-10-16/h2-5,7,9-10H,6,8H2,1H3,(H,15,17). The largest absolute Gasteiger partial charge is 0.492 e. The average molecular weight is 245 g/mol. The maximum absolute atomic E-state index is 11.5. The van der Waals surface area contributed by atoms with E-state index in [1.54, 1.807) is 12.4 Å². The molecule has 0 saturated heterocycles. The monoisotopic (exact) mass is 245 g/mol. The van der Waals surface area contributed by atoms with E-state index >= 15 is 0 Å². The Labute approximate surface area is 105 Å². The summed E-state index contributed by atoms with van der Waals surface area (Å²) >= 11 is 0. The molecule has 1 aromatic heterocycles. The van der Waals surface area contributed by atoms with Crippen molar-refractivity contribution in [2.75, 3.05) is 13.2 Å². The van der Waals surface area contributed by atoms with E-state index in [1.807, 2.05) is 31.2 Å². The number of nitrogens with zero attached hydrogens (tertiary/aromatic N) is 2. The summed E-state index contributed by atoms with van der Waals surface area (Å²) in [6.45, 7) is 2.89. The Balaban J connectivity index is 1.72.